The summed E-state index contributed by atoms with van der Waals surface area (Å²) in [5.74, 6) is -1.90. The molecule has 6 nitrogen and oxygen atoms in total. The maximum atomic E-state index is 10.8. The van der Waals surface area contributed by atoms with E-state index in [1.54, 1.807) is 4.90 Å². The monoisotopic (exact) mass is 324 g/mol. The topological polar surface area (TPSA) is 102 Å². The van der Waals surface area contributed by atoms with Crippen LogP contribution in [-0.2, 0) is 15.0 Å². The van der Waals surface area contributed by atoms with Gasteiger partial charge in [-0.2, -0.15) is 5.26 Å². The summed E-state index contributed by atoms with van der Waals surface area (Å²) in [6.07, 6.45) is -0.208. The molecular formula is C15H20N2O4S. The molecule has 0 unspecified atom stereocenters. The highest BCUT2D eigenvalue weighted by molar-refractivity contribution is 7.14. The van der Waals surface area contributed by atoms with Gasteiger partial charge in [0.2, 0.25) is 0 Å². The normalized spacial score (nSPS) is 11.0. The van der Waals surface area contributed by atoms with E-state index < -0.39 is 11.9 Å². The summed E-state index contributed by atoms with van der Waals surface area (Å²) in [5, 5.41) is 29.7. The van der Waals surface area contributed by atoms with Crippen LogP contribution in [0.2, 0.25) is 0 Å². The molecule has 1 heterocycles. The maximum Gasteiger partial charge on any atom is 0.305 e. The summed E-state index contributed by atoms with van der Waals surface area (Å²) < 4.78 is 0. The molecule has 0 aromatic carbocycles. The van der Waals surface area contributed by atoms with Gasteiger partial charge in [-0.25, -0.2) is 0 Å². The van der Waals surface area contributed by atoms with Crippen LogP contribution in [0.15, 0.2) is 5.38 Å². The largest absolute Gasteiger partial charge is 0.481 e. The second-order valence-corrected chi connectivity index (χ2v) is 6.82. The third kappa shape index (κ3) is 4.74. The Kier molecular flexibility index (Phi) is 5.94. The van der Waals surface area contributed by atoms with Gasteiger partial charge in [-0.15, -0.1) is 11.3 Å². The van der Waals surface area contributed by atoms with Crippen LogP contribution >= 0.6 is 11.3 Å². The van der Waals surface area contributed by atoms with Crippen LogP contribution in [0.1, 0.15) is 44.7 Å². The number of carbonyl (C=O) groups is 2. The van der Waals surface area contributed by atoms with E-state index in [4.69, 9.17) is 10.2 Å². The summed E-state index contributed by atoms with van der Waals surface area (Å²) in [6.45, 7) is 6.36. The van der Waals surface area contributed by atoms with Crippen LogP contribution < -0.4 is 4.90 Å². The van der Waals surface area contributed by atoms with Crippen LogP contribution in [0, 0.1) is 11.3 Å². The van der Waals surface area contributed by atoms with Gasteiger partial charge >= 0.3 is 11.9 Å². The van der Waals surface area contributed by atoms with Crippen molar-refractivity contribution in [1.82, 2.24) is 0 Å². The number of thiophene rings is 1. The zero-order valence-corrected chi connectivity index (χ0v) is 13.7. The number of nitriles is 1. The Morgan fingerprint density at radius 2 is 1.73 bits per heavy atom. The zero-order chi connectivity index (χ0) is 16.9. The number of carboxylic acids is 2. The molecule has 120 valence electrons. The van der Waals surface area contributed by atoms with Gasteiger partial charge in [0, 0.05) is 13.1 Å². The molecule has 0 amide bonds. The van der Waals surface area contributed by atoms with Crippen molar-refractivity contribution < 1.29 is 19.8 Å². The van der Waals surface area contributed by atoms with E-state index in [1.165, 1.54) is 11.3 Å². The molecule has 0 aliphatic carbocycles. The van der Waals surface area contributed by atoms with E-state index in [2.05, 4.69) is 6.07 Å². The number of hydrogen-bond donors (Lipinski definition) is 2. The lowest BCUT2D eigenvalue weighted by Crippen LogP contribution is -2.29. The van der Waals surface area contributed by atoms with Crippen molar-refractivity contribution in [1.29, 1.82) is 5.26 Å². The second kappa shape index (κ2) is 7.27. The average molecular weight is 324 g/mol. The van der Waals surface area contributed by atoms with Gasteiger partial charge in [-0.1, -0.05) is 20.8 Å². The van der Waals surface area contributed by atoms with Gasteiger partial charge in [0.25, 0.3) is 0 Å². The van der Waals surface area contributed by atoms with Crippen molar-refractivity contribution in [3.63, 3.8) is 0 Å². The standard InChI is InChI=1S/C15H20N2O4S/c1-15(2,3)11-9-22-14(10(11)8-16)17(6-4-12(18)19)7-5-13(20)21/h9H,4-7H2,1-3H3,(H,18,19)(H,20,21). The van der Waals surface area contributed by atoms with E-state index in [0.29, 0.717) is 10.6 Å². The predicted octanol–water partition coefficient (Wildman–Crippen LogP) is 2.67. The highest BCUT2D eigenvalue weighted by Crippen LogP contribution is 2.37. The van der Waals surface area contributed by atoms with E-state index in [0.717, 1.165) is 5.56 Å². The molecule has 0 spiro atoms. The van der Waals surface area contributed by atoms with Gasteiger partial charge in [-0.05, 0) is 16.4 Å². The van der Waals surface area contributed by atoms with Crippen molar-refractivity contribution in [3.8, 4) is 6.07 Å². The number of aliphatic carboxylic acids is 2. The van der Waals surface area contributed by atoms with Crippen molar-refractivity contribution in [2.45, 2.75) is 39.0 Å². The van der Waals surface area contributed by atoms with Crippen LogP contribution in [0.25, 0.3) is 0 Å². The van der Waals surface area contributed by atoms with Gasteiger partial charge < -0.3 is 15.1 Å². The third-order valence-electron chi connectivity index (χ3n) is 3.17. The lowest BCUT2D eigenvalue weighted by atomic mass is 9.86. The van der Waals surface area contributed by atoms with Gasteiger partial charge in [0.1, 0.15) is 11.1 Å². The van der Waals surface area contributed by atoms with Crippen molar-refractivity contribution in [3.05, 3.63) is 16.5 Å². The zero-order valence-electron chi connectivity index (χ0n) is 12.9. The summed E-state index contributed by atoms with van der Waals surface area (Å²) >= 11 is 1.36. The number of anilines is 1. The van der Waals surface area contributed by atoms with Gasteiger partial charge in [0.05, 0.1) is 18.4 Å². The summed E-state index contributed by atoms with van der Waals surface area (Å²) in [4.78, 5) is 23.3. The first-order valence-corrected chi connectivity index (χ1v) is 7.75. The van der Waals surface area contributed by atoms with E-state index in [9.17, 15) is 14.9 Å². The van der Waals surface area contributed by atoms with Gasteiger partial charge in [-0.3, -0.25) is 9.59 Å². The fourth-order valence-corrected chi connectivity index (χ4v) is 3.32. The Morgan fingerprint density at radius 3 is 2.09 bits per heavy atom. The number of carboxylic acid groups (broad SMARTS) is 2. The smallest absolute Gasteiger partial charge is 0.305 e. The molecule has 0 saturated heterocycles. The fourth-order valence-electron chi connectivity index (χ4n) is 2.02. The van der Waals surface area contributed by atoms with Crippen LogP contribution in [0.5, 0.6) is 0 Å². The minimum Gasteiger partial charge on any atom is -0.481 e. The third-order valence-corrected chi connectivity index (χ3v) is 4.21. The van der Waals surface area contributed by atoms with E-state index in [-0.39, 0.29) is 31.3 Å². The average Bonchev–Trinajstić information content (AvgIpc) is 2.81. The minimum atomic E-state index is -0.952. The molecule has 0 bridgehead atoms. The summed E-state index contributed by atoms with van der Waals surface area (Å²) in [6, 6.07) is 2.18. The molecule has 1 aromatic rings. The maximum absolute atomic E-state index is 10.8. The number of nitrogens with zero attached hydrogens (tertiary/aromatic N) is 2. The minimum absolute atomic E-state index is 0.104. The number of rotatable bonds is 7. The Morgan fingerprint density at radius 1 is 1.23 bits per heavy atom. The van der Waals surface area contributed by atoms with E-state index in [1.807, 2.05) is 26.2 Å². The van der Waals surface area contributed by atoms with Crippen molar-refractivity contribution >= 4 is 28.3 Å². The molecule has 0 saturated carbocycles. The van der Waals surface area contributed by atoms with Crippen molar-refractivity contribution in [2.24, 2.45) is 0 Å². The molecule has 1 rings (SSSR count). The molecule has 2 N–H and O–H groups in total. The van der Waals surface area contributed by atoms with E-state index >= 15 is 0 Å². The van der Waals surface area contributed by atoms with Crippen LogP contribution in [-0.4, -0.2) is 35.2 Å². The molecular weight excluding hydrogens is 304 g/mol. The first-order valence-electron chi connectivity index (χ1n) is 6.87. The Balaban J connectivity index is 3.13. The Bertz CT molecular complexity index is 578. The molecule has 0 fully saturated rings. The molecule has 0 aliphatic rings. The lowest BCUT2D eigenvalue weighted by Gasteiger charge is -2.23. The number of hydrogen-bond acceptors (Lipinski definition) is 5. The molecule has 0 atom stereocenters. The summed E-state index contributed by atoms with van der Waals surface area (Å²) in [7, 11) is 0. The highest BCUT2D eigenvalue weighted by atomic mass is 32.1. The van der Waals surface area contributed by atoms with Crippen LogP contribution in [0.3, 0.4) is 0 Å². The highest BCUT2D eigenvalue weighted by Gasteiger charge is 2.25. The summed E-state index contributed by atoms with van der Waals surface area (Å²) in [5.41, 5.74) is 1.20. The van der Waals surface area contributed by atoms with Crippen molar-refractivity contribution in [2.75, 3.05) is 18.0 Å². The fraction of sp³-hybridized carbons (Fsp3) is 0.533. The Hall–Kier alpha value is -2.07. The first kappa shape index (κ1) is 18.0. The first-order chi connectivity index (χ1) is 10.2. The molecule has 0 aliphatic heterocycles. The quantitative estimate of drug-likeness (QED) is 0.799. The lowest BCUT2D eigenvalue weighted by molar-refractivity contribution is -0.137. The Labute approximate surface area is 133 Å². The molecule has 7 heteroatoms. The van der Waals surface area contributed by atoms with Crippen LogP contribution in [0.4, 0.5) is 5.00 Å². The molecule has 22 heavy (non-hydrogen) atoms. The molecule has 0 radical (unpaired) electrons. The second-order valence-electron chi connectivity index (χ2n) is 5.97. The predicted molar refractivity (Wildman–Crippen MR) is 84.5 cm³/mol. The molecule has 1 aromatic heterocycles. The van der Waals surface area contributed by atoms with Gasteiger partial charge in [0.15, 0.2) is 0 Å². The SMILES string of the molecule is CC(C)(C)c1csc(N(CCC(=O)O)CCC(=O)O)c1C#N.